The molecule has 5 rings (SSSR count). The Morgan fingerprint density at radius 2 is 1.82 bits per heavy atom. The van der Waals surface area contributed by atoms with Gasteiger partial charge >= 0.3 is 0 Å². The third kappa shape index (κ3) is 4.82. The zero-order valence-corrected chi connectivity index (χ0v) is 19.2. The fourth-order valence-electron chi connectivity index (χ4n) is 4.86. The molecular weight excluding hydrogens is 414 g/mol. The Labute approximate surface area is 194 Å². The maximum Gasteiger partial charge on any atom is 0.259 e. The van der Waals surface area contributed by atoms with Gasteiger partial charge in [0.25, 0.3) is 5.56 Å². The third-order valence-corrected chi connectivity index (χ3v) is 6.91. The van der Waals surface area contributed by atoms with Gasteiger partial charge in [-0.15, -0.1) is 0 Å². The Balaban J connectivity index is 1.41. The molecule has 2 aliphatic rings. The molecule has 1 saturated heterocycles. The molecule has 1 saturated carbocycles. The highest BCUT2D eigenvalue weighted by Gasteiger charge is 2.22. The highest BCUT2D eigenvalue weighted by Crippen LogP contribution is 2.28. The summed E-state index contributed by atoms with van der Waals surface area (Å²) in [6.07, 6.45) is 6.08. The van der Waals surface area contributed by atoms with Crippen molar-refractivity contribution in [3.63, 3.8) is 0 Å². The van der Waals surface area contributed by atoms with E-state index in [1.54, 1.807) is 6.20 Å². The van der Waals surface area contributed by atoms with Crippen molar-refractivity contribution in [3.05, 3.63) is 52.9 Å². The number of rotatable bonds is 5. The van der Waals surface area contributed by atoms with Crippen LogP contribution >= 0.6 is 0 Å². The summed E-state index contributed by atoms with van der Waals surface area (Å²) in [7, 11) is 2.16. The lowest BCUT2D eigenvalue weighted by molar-refractivity contribution is 0.313. The summed E-state index contributed by atoms with van der Waals surface area (Å²) in [5.74, 6) is 1.29. The lowest BCUT2D eigenvalue weighted by atomic mass is 9.91. The van der Waals surface area contributed by atoms with Gasteiger partial charge in [-0.25, -0.2) is 4.98 Å². The molecule has 2 aromatic heterocycles. The van der Waals surface area contributed by atoms with Crippen LogP contribution in [0.3, 0.4) is 0 Å². The Kier molecular flexibility index (Phi) is 6.20. The Morgan fingerprint density at radius 1 is 1.06 bits per heavy atom. The van der Waals surface area contributed by atoms with Gasteiger partial charge in [-0.3, -0.25) is 4.79 Å². The summed E-state index contributed by atoms with van der Waals surface area (Å²) in [6.45, 7) is 4.20. The largest absolute Gasteiger partial charge is 0.369 e. The molecule has 0 bridgehead atoms. The molecule has 2 fully saturated rings. The predicted octanol–water partition coefficient (Wildman–Crippen LogP) is 3.10. The first kappa shape index (κ1) is 21.7. The van der Waals surface area contributed by atoms with Gasteiger partial charge in [0.2, 0.25) is 0 Å². The Hall–Kier alpha value is -3.10. The first-order chi connectivity index (χ1) is 16.1. The third-order valence-electron chi connectivity index (χ3n) is 6.91. The number of anilines is 4. The minimum Gasteiger partial charge on any atom is -0.369 e. The van der Waals surface area contributed by atoms with Gasteiger partial charge in [-0.2, -0.15) is 0 Å². The molecule has 1 aromatic carbocycles. The quantitative estimate of drug-likeness (QED) is 0.477. The number of aromatic nitrogens is 2. The number of hydrogen-bond donors (Lipinski definition) is 4. The minimum atomic E-state index is -0.155. The minimum absolute atomic E-state index is 0.119. The number of hydrogen-bond acceptors (Lipinski definition) is 7. The van der Waals surface area contributed by atoms with Crippen LogP contribution in [0.4, 0.5) is 23.0 Å². The monoisotopic (exact) mass is 447 g/mol. The first-order valence-corrected chi connectivity index (χ1v) is 11.9. The maximum absolute atomic E-state index is 12.6. The fourth-order valence-corrected chi connectivity index (χ4v) is 4.86. The number of pyridine rings is 2. The number of nitrogens with zero attached hydrogens (tertiary/aromatic N) is 3. The van der Waals surface area contributed by atoms with Crippen LogP contribution in [0, 0.1) is 0 Å². The van der Waals surface area contributed by atoms with Gasteiger partial charge in [-0.1, -0.05) is 12.8 Å². The fraction of sp³-hybridized carbons (Fsp3) is 0.440. The second kappa shape index (κ2) is 9.41. The summed E-state index contributed by atoms with van der Waals surface area (Å²) >= 11 is 0. The molecule has 2 unspecified atom stereocenters. The number of H-pyrrole nitrogens is 1. The van der Waals surface area contributed by atoms with E-state index in [1.165, 1.54) is 18.5 Å². The maximum atomic E-state index is 12.6. The highest BCUT2D eigenvalue weighted by atomic mass is 16.1. The number of fused-ring (bicyclic) bond motifs is 1. The van der Waals surface area contributed by atoms with Gasteiger partial charge in [0.1, 0.15) is 11.6 Å². The number of nitrogens with one attached hydrogen (secondary N) is 3. The van der Waals surface area contributed by atoms with Crippen LogP contribution in [-0.2, 0) is 0 Å². The molecule has 3 aromatic rings. The predicted molar refractivity (Wildman–Crippen MR) is 136 cm³/mol. The smallest absolute Gasteiger partial charge is 0.259 e. The normalized spacial score (nSPS) is 21.8. The number of benzene rings is 1. The average molecular weight is 448 g/mol. The first-order valence-electron chi connectivity index (χ1n) is 11.9. The van der Waals surface area contributed by atoms with Crippen LogP contribution in [0.2, 0.25) is 0 Å². The molecule has 2 atom stereocenters. The summed E-state index contributed by atoms with van der Waals surface area (Å²) < 4.78 is 0. The molecule has 5 N–H and O–H groups in total. The van der Waals surface area contributed by atoms with E-state index in [0.29, 0.717) is 11.2 Å². The van der Waals surface area contributed by atoms with Crippen LogP contribution in [-0.4, -0.2) is 60.2 Å². The lowest BCUT2D eigenvalue weighted by Crippen LogP contribution is -2.44. The van der Waals surface area contributed by atoms with Crippen molar-refractivity contribution in [1.29, 1.82) is 0 Å². The van der Waals surface area contributed by atoms with Gasteiger partial charge in [-0.05, 0) is 61.7 Å². The second-order valence-electron chi connectivity index (χ2n) is 9.29. The van der Waals surface area contributed by atoms with E-state index in [2.05, 4.69) is 56.7 Å². The molecule has 0 radical (unpaired) electrons. The van der Waals surface area contributed by atoms with Crippen molar-refractivity contribution >= 4 is 33.8 Å². The number of nitrogens with two attached hydrogens (primary N) is 1. The zero-order valence-electron chi connectivity index (χ0n) is 19.2. The van der Waals surface area contributed by atoms with Crippen LogP contribution in [0.15, 0.2) is 47.4 Å². The van der Waals surface area contributed by atoms with Gasteiger partial charge in [0, 0.05) is 55.8 Å². The SMILES string of the molecule is CN1CCN(c2ccc(Nc3nc(NC4CCCCC4N)cc4cc[nH]c(=O)c34)cc2)CC1. The Bertz CT molecular complexity index is 1150. The molecule has 0 amide bonds. The van der Waals surface area contributed by atoms with Crippen molar-refractivity contribution in [2.24, 2.45) is 5.73 Å². The Morgan fingerprint density at radius 3 is 2.58 bits per heavy atom. The molecule has 3 heterocycles. The van der Waals surface area contributed by atoms with Crippen molar-refractivity contribution in [3.8, 4) is 0 Å². The van der Waals surface area contributed by atoms with E-state index in [-0.39, 0.29) is 17.6 Å². The van der Waals surface area contributed by atoms with Crippen molar-refractivity contribution in [2.75, 3.05) is 48.8 Å². The molecule has 8 nitrogen and oxygen atoms in total. The van der Waals surface area contributed by atoms with E-state index >= 15 is 0 Å². The summed E-state index contributed by atoms with van der Waals surface area (Å²) in [5, 5.41) is 8.31. The summed E-state index contributed by atoms with van der Waals surface area (Å²) in [5.41, 5.74) is 8.30. The molecule has 33 heavy (non-hydrogen) atoms. The standard InChI is InChI=1S/C25H33N7O/c1-31-12-14-32(15-13-31)19-8-6-18(7-9-19)28-24-23-17(10-11-27-25(23)33)16-22(30-24)29-21-5-3-2-4-20(21)26/h6-11,16,20-21H,2-5,12-15,26H2,1H3,(H,27,33)(H2,28,29,30). The molecule has 174 valence electrons. The van der Waals surface area contributed by atoms with Crippen LogP contribution in [0.1, 0.15) is 25.7 Å². The average Bonchev–Trinajstić information content (AvgIpc) is 2.82. The van der Waals surface area contributed by atoms with E-state index in [9.17, 15) is 4.79 Å². The number of likely N-dealkylation sites (N-methyl/N-ethyl adjacent to an activating group) is 1. The highest BCUT2D eigenvalue weighted by molar-refractivity contribution is 5.94. The molecule has 1 aliphatic carbocycles. The van der Waals surface area contributed by atoms with Crippen molar-refractivity contribution in [2.45, 2.75) is 37.8 Å². The van der Waals surface area contributed by atoms with Gasteiger partial charge in [0.15, 0.2) is 0 Å². The second-order valence-corrected chi connectivity index (χ2v) is 9.29. The van der Waals surface area contributed by atoms with E-state index in [1.807, 2.05) is 12.1 Å². The van der Waals surface area contributed by atoms with Crippen molar-refractivity contribution in [1.82, 2.24) is 14.9 Å². The summed E-state index contributed by atoms with van der Waals surface area (Å²) in [6, 6.07) is 12.5. The summed E-state index contributed by atoms with van der Waals surface area (Å²) in [4.78, 5) is 25.0. The topological polar surface area (TPSA) is 102 Å². The molecule has 0 spiro atoms. The number of piperazine rings is 1. The number of aromatic amines is 1. The van der Waals surface area contributed by atoms with E-state index in [0.717, 1.165) is 55.9 Å². The van der Waals surface area contributed by atoms with Crippen molar-refractivity contribution < 1.29 is 0 Å². The molecule has 1 aliphatic heterocycles. The van der Waals surface area contributed by atoms with Crippen LogP contribution in [0.25, 0.3) is 10.8 Å². The van der Waals surface area contributed by atoms with Crippen LogP contribution in [0.5, 0.6) is 0 Å². The van der Waals surface area contributed by atoms with E-state index < -0.39 is 0 Å². The molecular formula is C25H33N7O. The van der Waals surface area contributed by atoms with Crippen LogP contribution < -0.4 is 26.8 Å². The van der Waals surface area contributed by atoms with Gasteiger partial charge < -0.3 is 31.2 Å². The zero-order chi connectivity index (χ0) is 22.8. The molecule has 8 heteroatoms. The lowest BCUT2D eigenvalue weighted by Gasteiger charge is -2.34. The van der Waals surface area contributed by atoms with Gasteiger partial charge in [0.05, 0.1) is 5.39 Å². The van der Waals surface area contributed by atoms with E-state index in [4.69, 9.17) is 10.7 Å².